The van der Waals surface area contributed by atoms with E-state index in [4.69, 9.17) is 23.9 Å². The Kier molecular flexibility index (Phi) is 8.00. The molecule has 0 bridgehead atoms. The van der Waals surface area contributed by atoms with Gasteiger partial charge in [0.25, 0.3) is 0 Å². The van der Waals surface area contributed by atoms with Crippen molar-refractivity contribution in [3.63, 3.8) is 0 Å². The fourth-order valence-electron chi connectivity index (χ4n) is 3.85. The molecule has 2 aromatic rings. The van der Waals surface area contributed by atoms with Crippen molar-refractivity contribution in [2.75, 3.05) is 47.6 Å². The molecular weight excluding hydrogens is 394 g/mol. The lowest BCUT2D eigenvalue weighted by molar-refractivity contribution is -0.00834. The molecule has 1 aliphatic heterocycles. The summed E-state index contributed by atoms with van der Waals surface area (Å²) in [5.74, 6) is 2.71. The van der Waals surface area contributed by atoms with Gasteiger partial charge in [0.05, 0.1) is 41.0 Å². The summed E-state index contributed by atoms with van der Waals surface area (Å²) in [5.41, 5.74) is 3.40. The fraction of sp³-hybridized carbons (Fsp3) is 0.458. The first-order valence-corrected chi connectivity index (χ1v) is 10.6. The second-order valence-corrected chi connectivity index (χ2v) is 7.33. The maximum Gasteiger partial charge on any atom is 0.203 e. The standard InChI is InChI=1S/C24H33N3O4/c1-6-25-24(26-15-18-11-12-20(28-3)23(30-5)22(18)29-4)27-13-14-31-21(16-27)19-10-8-7-9-17(19)2/h7-12,21H,6,13-16H2,1-5H3,(H,25,26). The Bertz CT molecular complexity index is 900. The molecule has 1 unspecified atom stereocenters. The number of ether oxygens (including phenoxy) is 4. The van der Waals surface area contributed by atoms with E-state index in [1.54, 1.807) is 21.3 Å². The summed E-state index contributed by atoms with van der Waals surface area (Å²) in [4.78, 5) is 7.16. The third-order valence-corrected chi connectivity index (χ3v) is 5.42. The Balaban J connectivity index is 1.83. The van der Waals surface area contributed by atoms with Crippen LogP contribution in [0.3, 0.4) is 0 Å². The maximum absolute atomic E-state index is 6.08. The van der Waals surface area contributed by atoms with Gasteiger partial charge >= 0.3 is 0 Å². The third kappa shape index (κ3) is 5.22. The van der Waals surface area contributed by atoms with Crippen molar-refractivity contribution >= 4 is 5.96 Å². The van der Waals surface area contributed by atoms with Gasteiger partial charge in [-0.15, -0.1) is 0 Å². The molecule has 0 aromatic heterocycles. The first-order chi connectivity index (χ1) is 15.1. The molecule has 7 nitrogen and oxygen atoms in total. The number of hydrogen-bond donors (Lipinski definition) is 1. The molecule has 1 heterocycles. The molecule has 0 aliphatic carbocycles. The van der Waals surface area contributed by atoms with Gasteiger partial charge in [0.2, 0.25) is 5.75 Å². The Morgan fingerprint density at radius 3 is 2.55 bits per heavy atom. The molecule has 1 atom stereocenters. The SMILES string of the molecule is CCNC(=NCc1ccc(OC)c(OC)c1OC)N1CCOC(c2ccccc2C)C1. The van der Waals surface area contributed by atoms with E-state index in [-0.39, 0.29) is 6.10 Å². The Morgan fingerprint density at radius 1 is 1.10 bits per heavy atom. The number of aliphatic imine (C=N–C) groups is 1. The van der Waals surface area contributed by atoms with Crippen molar-refractivity contribution in [3.05, 3.63) is 53.1 Å². The highest BCUT2D eigenvalue weighted by Crippen LogP contribution is 2.40. The van der Waals surface area contributed by atoms with Gasteiger partial charge in [0.15, 0.2) is 17.5 Å². The monoisotopic (exact) mass is 427 g/mol. The van der Waals surface area contributed by atoms with Gasteiger partial charge in [-0.2, -0.15) is 0 Å². The number of benzene rings is 2. The number of rotatable bonds is 7. The lowest BCUT2D eigenvalue weighted by atomic mass is 10.0. The number of nitrogens with one attached hydrogen (secondary N) is 1. The molecule has 0 radical (unpaired) electrons. The largest absolute Gasteiger partial charge is 0.493 e. The Labute approximate surface area is 185 Å². The van der Waals surface area contributed by atoms with Crippen LogP contribution in [0.4, 0.5) is 0 Å². The fourth-order valence-corrected chi connectivity index (χ4v) is 3.85. The molecule has 0 saturated carbocycles. The molecule has 1 saturated heterocycles. The highest BCUT2D eigenvalue weighted by molar-refractivity contribution is 5.80. The van der Waals surface area contributed by atoms with Crippen LogP contribution in [0, 0.1) is 6.92 Å². The minimum atomic E-state index is 0.0226. The molecule has 168 valence electrons. The number of morpholine rings is 1. The first-order valence-electron chi connectivity index (χ1n) is 10.6. The minimum Gasteiger partial charge on any atom is -0.493 e. The van der Waals surface area contributed by atoms with Crippen molar-refractivity contribution in [1.29, 1.82) is 0 Å². The van der Waals surface area contributed by atoms with E-state index in [0.717, 1.165) is 31.2 Å². The molecule has 31 heavy (non-hydrogen) atoms. The molecule has 0 amide bonds. The summed E-state index contributed by atoms with van der Waals surface area (Å²) in [7, 11) is 4.85. The average molecular weight is 428 g/mol. The molecule has 1 fully saturated rings. The van der Waals surface area contributed by atoms with Crippen LogP contribution in [-0.4, -0.2) is 58.4 Å². The van der Waals surface area contributed by atoms with Crippen molar-refractivity contribution in [3.8, 4) is 17.2 Å². The van der Waals surface area contributed by atoms with Gasteiger partial charge in [0.1, 0.15) is 6.10 Å². The predicted molar refractivity (Wildman–Crippen MR) is 122 cm³/mol. The lowest BCUT2D eigenvalue weighted by Crippen LogP contribution is -2.48. The summed E-state index contributed by atoms with van der Waals surface area (Å²) in [6, 6.07) is 12.2. The van der Waals surface area contributed by atoms with E-state index in [1.807, 2.05) is 12.1 Å². The molecule has 2 aromatic carbocycles. The van der Waals surface area contributed by atoms with Gasteiger partial charge < -0.3 is 29.2 Å². The summed E-state index contributed by atoms with van der Waals surface area (Å²) >= 11 is 0. The smallest absolute Gasteiger partial charge is 0.203 e. The summed E-state index contributed by atoms with van der Waals surface area (Å²) in [6.45, 7) is 7.64. The van der Waals surface area contributed by atoms with Crippen LogP contribution in [0.1, 0.15) is 29.7 Å². The van der Waals surface area contributed by atoms with Crippen molar-refractivity contribution in [1.82, 2.24) is 10.2 Å². The lowest BCUT2D eigenvalue weighted by Gasteiger charge is -2.35. The van der Waals surface area contributed by atoms with E-state index >= 15 is 0 Å². The molecule has 1 aliphatic rings. The van der Waals surface area contributed by atoms with E-state index in [2.05, 4.69) is 48.3 Å². The topological polar surface area (TPSA) is 64.6 Å². The van der Waals surface area contributed by atoms with Gasteiger partial charge in [-0.25, -0.2) is 4.99 Å². The maximum atomic E-state index is 6.08. The van der Waals surface area contributed by atoms with Gasteiger partial charge in [-0.1, -0.05) is 24.3 Å². The zero-order chi connectivity index (χ0) is 22.2. The van der Waals surface area contributed by atoms with Crippen LogP contribution in [0.25, 0.3) is 0 Å². The molecular formula is C24H33N3O4. The van der Waals surface area contributed by atoms with Gasteiger partial charge in [0, 0.05) is 18.7 Å². The zero-order valence-corrected chi connectivity index (χ0v) is 19.1. The van der Waals surface area contributed by atoms with E-state index < -0.39 is 0 Å². The number of hydrogen-bond acceptors (Lipinski definition) is 5. The van der Waals surface area contributed by atoms with Crippen molar-refractivity contribution in [2.45, 2.75) is 26.5 Å². The Hall–Kier alpha value is -2.93. The molecule has 7 heteroatoms. The number of guanidine groups is 1. The highest BCUT2D eigenvalue weighted by Gasteiger charge is 2.25. The minimum absolute atomic E-state index is 0.0226. The Morgan fingerprint density at radius 2 is 1.87 bits per heavy atom. The van der Waals surface area contributed by atoms with Gasteiger partial charge in [-0.05, 0) is 37.1 Å². The van der Waals surface area contributed by atoms with Crippen LogP contribution < -0.4 is 19.5 Å². The van der Waals surface area contributed by atoms with Crippen LogP contribution in [-0.2, 0) is 11.3 Å². The van der Waals surface area contributed by atoms with Crippen LogP contribution in [0.2, 0.25) is 0 Å². The second-order valence-electron chi connectivity index (χ2n) is 7.33. The molecule has 0 spiro atoms. The van der Waals surface area contributed by atoms with Crippen molar-refractivity contribution < 1.29 is 18.9 Å². The van der Waals surface area contributed by atoms with Crippen LogP contribution in [0.5, 0.6) is 17.2 Å². The van der Waals surface area contributed by atoms with E-state index in [0.29, 0.717) is 30.4 Å². The summed E-state index contributed by atoms with van der Waals surface area (Å²) in [5, 5.41) is 3.42. The number of nitrogens with zero attached hydrogens (tertiary/aromatic N) is 2. The predicted octanol–water partition coefficient (Wildman–Crippen LogP) is 3.56. The van der Waals surface area contributed by atoms with Crippen molar-refractivity contribution in [2.24, 2.45) is 4.99 Å². The number of aryl methyl sites for hydroxylation is 1. The van der Waals surface area contributed by atoms with Gasteiger partial charge in [-0.3, -0.25) is 0 Å². The first kappa shape index (κ1) is 22.7. The summed E-state index contributed by atoms with van der Waals surface area (Å²) in [6.07, 6.45) is 0.0226. The van der Waals surface area contributed by atoms with Crippen LogP contribution in [0.15, 0.2) is 41.4 Å². The molecule has 3 rings (SSSR count). The number of methoxy groups -OCH3 is 3. The average Bonchev–Trinajstić information content (AvgIpc) is 2.81. The van der Waals surface area contributed by atoms with Crippen LogP contribution >= 0.6 is 0 Å². The molecule has 1 N–H and O–H groups in total. The quantitative estimate of drug-likeness (QED) is 0.539. The normalized spacial score (nSPS) is 16.7. The highest BCUT2D eigenvalue weighted by atomic mass is 16.5. The second kappa shape index (κ2) is 10.9. The van der Waals surface area contributed by atoms with E-state index in [9.17, 15) is 0 Å². The summed E-state index contributed by atoms with van der Waals surface area (Å²) < 4.78 is 22.6. The third-order valence-electron chi connectivity index (χ3n) is 5.42. The van der Waals surface area contributed by atoms with E-state index in [1.165, 1.54) is 11.1 Å². The zero-order valence-electron chi connectivity index (χ0n) is 19.1.